The lowest BCUT2D eigenvalue weighted by Crippen LogP contribution is -2.29. The number of anilines is 2. The van der Waals surface area contributed by atoms with Crippen molar-refractivity contribution in [2.45, 2.75) is 89.6 Å². The van der Waals surface area contributed by atoms with Gasteiger partial charge in [-0.25, -0.2) is 9.67 Å². The quantitative estimate of drug-likeness (QED) is 0.439. The molecule has 33 heavy (non-hydrogen) atoms. The van der Waals surface area contributed by atoms with Crippen LogP contribution in [0.5, 0.6) is 0 Å². The zero-order valence-corrected chi connectivity index (χ0v) is 20.6. The van der Waals surface area contributed by atoms with Crippen molar-refractivity contribution in [2.75, 3.05) is 17.2 Å². The van der Waals surface area contributed by atoms with E-state index >= 15 is 0 Å². The third-order valence-corrected chi connectivity index (χ3v) is 7.57. The molecule has 3 aromatic rings. The van der Waals surface area contributed by atoms with Crippen LogP contribution in [0, 0.1) is 0 Å². The Morgan fingerprint density at radius 2 is 1.94 bits per heavy atom. The minimum Gasteiger partial charge on any atom is -0.393 e. The number of aliphatic hydroxyl groups excluding tert-OH is 1. The van der Waals surface area contributed by atoms with Gasteiger partial charge in [0.1, 0.15) is 5.82 Å². The Kier molecular flexibility index (Phi) is 6.33. The van der Waals surface area contributed by atoms with E-state index in [0.29, 0.717) is 6.04 Å². The number of pyridine rings is 1. The van der Waals surface area contributed by atoms with Crippen molar-refractivity contribution in [3.8, 4) is 10.6 Å². The van der Waals surface area contributed by atoms with Gasteiger partial charge in [-0.15, -0.1) is 11.3 Å². The van der Waals surface area contributed by atoms with Crippen molar-refractivity contribution >= 4 is 33.1 Å². The molecule has 4 heterocycles. The Bertz CT molecular complexity index is 1090. The fourth-order valence-corrected chi connectivity index (χ4v) is 5.89. The Labute approximate surface area is 199 Å². The first-order chi connectivity index (χ1) is 15.9. The van der Waals surface area contributed by atoms with Gasteiger partial charge in [-0.3, -0.25) is 0 Å². The molecule has 0 amide bonds. The molecule has 1 unspecified atom stereocenters. The van der Waals surface area contributed by atoms with Gasteiger partial charge >= 0.3 is 0 Å². The van der Waals surface area contributed by atoms with E-state index in [1.54, 1.807) is 11.3 Å². The first-order valence-electron chi connectivity index (χ1n) is 12.2. The lowest BCUT2D eigenvalue weighted by atomic mass is 9.93. The SMILES string of the molecule is CC(C)(C)Nc1cc(NC2CCC(O)CC2)c2sc(-c3ccnn3C3CCCCO3)cc2n1. The van der Waals surface area contributed by atoms with Crippen LogP contribution in [0.3, 0.4) is 0 Å². The second-order valence-electron chi connectivity index (χ2n) is 10.4. The first-order valence-corrected chi connectivity index (χ1v) is 13.0. The van der Waals surface area contributed by atoms with Crippen LogP contribution >= 0.6 is 11.3 Å². The number of fused-ring (bicyclic) bond motifs is 1. The fourth-order valence-electron chi connectivity index (χ4n) is 4.80. The van der Waals surface area contributed by atoms with E-state index in [0.717, 1.165) is 77.4 Å². The number of thiophene rings is 1. The zero-order chi connectivity index (χ0) is 23.0. The average Bonchev–Trinajstić information content (AvgIpc) is 3.42. The highest BCUT2D eigenvalue weighted by Gasteiger charge is 2.24. The molecule has 2 fully saturated rings. The molecule has 2 aliphatic rings. The van der Waals surface area contributed by atoms with Gasteiger partial charge in [0, 0.05) is 30.5 Å². The monoisotopic (exact) mass is 469 g/mol. The largest absolute Gasteiger partial charge is 0.393 e. The first kappa shape index (κ1) is 22.6. The molecule has 1 aliphatic carbocycles. The molecule has 0 aromatic carbocycles. The van der Waals surface area contributed by atoms with Gasteiger partial charge in [-0.05, 0) is 77.8 Å². The van der Waals surface area contributed by atoms with Gasteiger partial charge in [0.05, 0.1) is 32.6 Å². The lowest BCUT2D eigenvalue weighted by Gasteiger charge is -2.28. The molecule has 1 saturated heterocycles. The van der Waals surface area contributed by atoms with Crippen molar-refractivity contribution in [3.63, 3.8) is 0 Å². The van der Waals surface area contributed by atoms with Gasteiger partial charge in [-0.2, -0.15) is 5.10 Å². The van der Waals surface area contributed by atoms with Crippen LogP contribution in [0.4, 0.5) is 11.5 Å². The molecule has 0 bridgehead atoms. The second kappa shape index (κ2) is 9.24. The Morgan fingerprint density at radius 3 is 2.67 bits per heavy atom. The normalized spacial score (nSPS) is 24.2. The summed E-state index contributed by atoms with van der Waals surface area (Å²) in [5.41, 5.74) is 3.11. The summed E-state index contributed by atoms with van der Waals surface area (Å²) in [5, 5.41) is 21.8. The van der Waals surface area contributed by atoms with Crippen molar-refractivity contribution in [2.24, 2.45) is 0 Å². The summed E-state index contributed by atoms with van der Waals surface area (Å²) in [4.78, 5) is 6.11. The van der Waals surface area contributed by atoms with Crippen molar-refractivity contribution in [3.05, 3.63) is 24.4 Å². The van der Waals surface area contributed by atoms with Crippen LogP contribution in [0.15, 0.2) is 24.4 Å². The summed E-state index contributed by atoms with van der Waals surface area (Å²) < 4.78 is 9.21. The summed E-state index contributed by atoms with van der Waals surface area (Å²) in [6, 6.07) is 6.76. The van der Waals surface area contributed by atoms with E-state index in [4.69, 9.17) is 9.72 Å². The number of hydrogen-bond donors (Lipinski definition) is 3. The number of aliphatic hydroxyl groups is 1. The van der Waals surface area contributed by atoms with E-state index in [-0.39, 0.29) is 17.9 Å². The standard InChI is InChI=1S/C25H35N5O2S/c1-25(2,3)29-22-15-19(27-16-7-9-17(31)10-8-16)24-18(28-22)14-21(33-24)20-11-12-26-30(20)23-6-4-5-13-32-23/h11-12,14-17,23,31H,4-10,13H2,1-3H3,(H2,27,28,29). The van der Waals surface area contributed by atoms with Crippen LogP contribution in [0.25, 0.3) is 20.8 Å². The zero-order valence-electron chi connectivity index (χ0n) is 19.8. The number of rotatable bonds is 5. The number of ether oxygens (including phenoxy) is 1. The Morgan fingerprint density at radius 1 is 1.12 bits per heavy atom. The molecule has 1 atom stereocenters. The van der Waals surface area contributed by atoms with Crippen LogP contribution in [-0.2, 0) is 4.74 Å². The van der Waals surface area contributed by atoms with Crippen LogP contribution < -0.4 is 10.6 Å². The molecule has 1 saturated carbocycles. The van der Waals surface area contributed by atoms with Crippen LogP contribution in [0.2, 0.25) is 0 Å². The van der Waals surface area contributed by atoms with Crippen LogP contribution in [-0.4, -0.2) is 44.2 Å². The summed E-state index contributed by atoms with van der Waals surface area (Å²) in [5.74, 6) is 0.877. The number of aromatic nitrogens is 3. The molecule has 7 nitrogen and oxygen atoms in total. The minimum absolute atomic E-state index is 0.00583. The van der Waals surface area contributed by atoms with Crippen molar-refractivity contribution in [1.82, 2.24) is 14.8 Å². The Balaban J connectivity index is 1.51. The topological polar surface area (TPSA) is 84.2 Å². The van der Waals surface area contributed by atoms with E-state index in [2.05, 4.69) is 54.7 Å². The van der Waals surface area contributed by atoms with Crippen molar-refractivity contribution < 1.29 is 9.84 Å². The molecule has 0 radical (unpaired) electrons. The molecule has 3 aromatic heterocycles. The van der Waals surface area contributed by atoms with Crippen LogP contribution in [0.1, 0.15) is 71.9 Å². The highest BCUT2D eigenvalue weighted by Crippen LogP contribution is 2.40. The smallest absolute Gasteiger partial charge is 0.150 e. The summed E-state index contributed by atoms with van der Waals surface area (Å²) in [7, 11) is 0. The summed E-state index contributed by atoms with van der Waals surface area (Å²) in [6.45, 7) is 7.24. The van der Waals surface area contributed by atoms with E-state index in [1.165, 1.54) is 6.42 Å². The summed E-state index contributed by atoms with van der Waals surface area (Å²) in [6.07, 6.45) is 8.68. The third-order valence-electron chi connectivity index (χ3n) is 6.39. The number of nitrogens with zero attached hydrogens (tertiary/aromatic N) is 3. The summed E-state index contributed by atoms with van der Waals surface area (Å²) >= 11 is 1.76. The second-order valence-corrected chi connectivity index (χ2v) is 11.4. The minimum atomic E-state index is -0.158. The van der Waals surface area contributed by atoms with E-state index in [1.807, 2.05) is 10.9 Å². The van der Waals surface area contributed by atoms with Crippen molar-refractivity contribution in [1.29, 1.82) is 0 Å². The maximum atomic E-state index is 9.91. The molecule has 5 rings (SSSR count). The lowest BCUT2D eigenvalue weighted by molar-refractivity contribution is -0.0383. The van der Waals surface area contributed by atoms with E-state index < -0.39 is 0 Å². The third kappa shape index (κ3) is 5.18. The number of nitrogens with one attached hydrogen (secondary N) is 2. The number of hydrogen-bond acceptors (Lipinski definition) is 7. The predicted octanol–water partition coefficient (Wildman–Crippen LogP) is 5.78. The van der Waals surface area contributed by atoms with E-state index in [9.17, 15) is 5.11 Å². The maximum Gasteiger partial charge on any atom is 0.150 e. The Hall–Kier alpha value is -2.16. The van der Waals surface area contributed by atoms with Gasteiger partial charge in [0.2, 0.25) is 0 Å². The molecule has 1 aliphatic heterocycles. The van der Waals surface area contributed by atoms with Gasteiger partial charge in [0.15, 0.2) is 6.23 Å². The highest BCUT2D eigenvalue weighted by atomic mass is 32.1. The maximum absolute atomic E-state index is 9.91. The van der Waals surface area contributed by atoms with Gasteiger partial charge in [0.25, 0.3) is 0 Å². The molecular weight excluding hydrogens is 434 g/mol. The molecule has 178 valence electrons. The van der Waals surface area contributed by atoms with Gasteiger partial charge < -0.3 is 20.5 Å². The molecule has 0 spiro atoms. The molecule has 3 N–H and O–H groups in total. The predicted molar refractivity (Wildman–Crippen MR) is 135 cm³/mol. The molecular formula is C25H35N5O2S. The molecule has 8 heteroatoms. The van der Waals surface area contributed by atoms with Gasteiger partial charge in [-0.1, -0.05) is 0 Å². The fraction of sp³-hybridized carbons (Fsp3) is 0.600. The highest BCUT2D eigenvalue weighted by molar-refractivity contribution is 7.22. The average molecular weight is 470 g/mol.